The van der Waals surface area contributed by atoms with Gasteiger partial charge in [0.2, 0.25) is 5.78 Å². The summed E-state index contributed by atoms with van der Waals surface area (Å²) in [6, 6.07) is 1.46. The van der Waals surface area contributed by atoms with Gasteiger partial charge in [-0.1, -0.05) is 34.8 Å². The molecule has 0 aliphatic carbocycles. The maximum atomic E-state index is 11.3. The summed E-state index contributed by atoms with van der Waals surface area (Å²) in [5.74, 6) is 0.144. The van der Waals surface area contributed by atoms with E-state index in [1.54, 1.807) is 0 Å². The quantitative estimate of drug-likeness (QED) is 0.648. The number of halogens is 3. The third-order valence-corrected chi connectivity index (χ3v) is 2.82. The van der Waals surface area contributed by atoms with Crippen molar-refractivity contribution in [1.82, 2.24) is 0 Å². The van der Waals surface area contributed by atoms with Crippen LogP contribution in [0, 0.1) is 0 Å². The van der Waals surface area contributed by atoms with Crippen molar-refractivity contribution in [2.45, 2.75) is 0 Å². The molecule has 0 radical (unpaired) electrons. The van der Waals surface area contributed by atoms with Crippen LogP contribution in [0.2, 0.25) is 15.1 Å². The topological polar surface area (TPSA) is 26.3 Å². The number of hydrogen-bond acceptors (Lipinski definition) is 2. The second kappa shape index (κ2) is 3.05. The average Bonchev–Trinajstić information content (AvgIpc) is 2.44. The van der Waals surface area contributed by atoms with Crippen LogP contribution in [0.15, 0.2) is 6.07 Å². The van der Waals surface area contributed by atoms with E-state index in [2.05, 4.69) is 0 Å². The smallest absolute Gasteiger partial charge is 0.205 e. The molecule has 2 nitrogen and oxygen atoms in total. The molecule has 2 rings (SSSR count). The minimum atomic E-state index is -0.190. The van der Waals surface area contributed by atoms with Gasteiger partial charge >= 0.3 is 0 Å². The highest BCUT2D eigenvalue weighted by molar-refractivity contribution is 6.46. The van der Waals surface area contributed by atoms with E-state index in [1.807, 2.05) is 0 Å². The zero-order valence-corrected chi connectivity index (χ0v) is 8.50. The number of carbonyl (C=O) groups is 1. The van der Waals surface area contributed by atoms with Gasteiger partial charge < -0.3 is 4.74 Å². The summed E-state index contributed by atoms with van der Waals surface area (Å²) in [6.07, 6.45) is 0. The van der Waals surface area contributed by atoms with Gasteiger partial charge in [-0.15, -0.1) is 0 Å². The molecule has 0 atom stereocenters. The van der Waals surface area contributed by atoms with Crippen LogP contribution in [0.1, 0.15) is 10.4 Å². The summed E-state index contributed by atoms with van der Waals surface area (Å²) in [5.41, 5.74) is 0.291. The maximum absolute atomic E-state index is 11.3. The molecule has 5 heteroatoms. The van der Waals surface area contributed by atoms with Crippen LogP contribution >= 0.6 is 34.8 Å². The number of hydrogen-bond donors (Lipinski definition) is 0. The van der Waals surface area contributed by atoms with Gasteiger partial charge in [0.25, 0.3) is 0 Å². The molecule has 0 unspecified atom stereocenters. The van der Waals surface area contributed by atoms with Crippen molar-refractivity contribution in [3.63, 3.8) is 0 Å². The van der Waals surface area contributed by atoms with Crippen LogP contribution in [0.25, 0.3) is 0 Å². The van der Waals surface area contributed by atoms with E-state index < -0.39 is 0 Å². The lowest BCUT2D eigenvalue weighted by atomic mass is 10.1. The van der Waals surface area contributed by atoms with E-state index in [0.717, 1.165) is 0 Å². The van der Waals surface area contributed by atoms with Crippen LogP contribution in [0.4, 0.5) is 0 Å². The number of ether oxygens (including phenoxy) is 1. The average molecular weight is 237 g/mol. The van der Waals surface area contributed by atoms with Gasteiger partial charge in [-0.2, -0.15) is 0 Å². The Morgan fingerprint density at radius 3 is 2.62 bits per heavy atom. The molecule has 0 bridgehead atoms. The van der Waals surface area contributed by atoms with E-state index in [4.69, 9.17) is 39.5 Å². The zero-order chi connectivity index (χ0) is 9.59. The van der Waals surface area contributed by atoms with Crippen LogP contribution in [-0.4, -0.2) is 12.4 Å². The Morgan fingerprint density at radius 1 is 1.23 bits per heavy atom. The van der Waals surface area contributed by atoms with Crippen LogP contribution in [0.5, 0.6) is 5.75 Å². The number of benzene rings is 1. The van der Waals surface area contributed by atoms with Crippen molar-refractivity contribution in [3.8, 4) is 5.75 Å². The molecule has 0 saturated carbocycles. The van der Waals surface area contributed by atoms with E-state index in [9.17, 15) is 4.79 Å². The minimum Gasteiger partial charge on any atom is -0.483 e. The molecular weight excluding hydrogens is 234 g/mol. The Hall–Kier alpha value is -0.440. The van der Waals surface area contributed by atoms with E-state index >= 15 is 0 Å². The Kier molecular flexibility index (Phi) is 2.14. The lowest BCUT2D eigenvalue weighted by Gasteiger charge is -2.03. The van der Waals surface area contributed by atoms with E-state index in [1.165, 1.54) is 6.07 Å². The van der Waals surface area contributed by atoms with Crippen molar-refractivity contribution in [2.75, 3.05) is 6.61 Å². The molecule has 13 heavy (non-hydrogen) atoms. The standard InChI is InChI=1S/C8H3Cl3O2/c9-3-1-4(10)8-6(7(3)11)5(12)2-13-8/h1H,2H2. The summed E-state index contributed by atoms with van der Waals surface area (Å²) < 4.78 is 5.05. The Morgan fingerprint density at radius 2 is 1.92 bits per heavy atom. The third kappa shape index (κ3) is 1.30. The Labute approximate surface area is 89.3 Å². The fraction of sp³-hybridized carbons (Fsp3) is 0.125. The van der Waals surface area contributed by atoms with Gasteiger partial charge in [-0.05, 0) is 6.07 Å². The number of Topliss-reactive ketones (excluding diaryl/α,β-unsaturated/α-hetero) is 1. The Bertz CT molecular complexity index is 401. The van der Waals surface area contributed by atoms with Gasteiger partial charge in [0.05, 0.1) is 20.6 Å². The van der Waals surface area contributed by atoms with Crippen LogP contribution in [-0.2, 0) is 0 Å². The summed E-state index contributed by atoms with van der Waals surface area (Å²) in [4.78, 5) is 11.3. The molecule has 1 aromatic carbocycles. The predicted molar refractivity (Wildman–Crippen MR) is 51.3 cm³/mol. The number of ketones is 1. The SMILES string of the molecule is O=C1COc2c(Cl)cc(Cl)c(Cl)c21. The first-order valence-electron chi connectivity index (χ1n) is 3.44. The molecule has 1 heterocycles. The summed E-state index contributed by atoms with van der Waals surface area (Å²) in [7, 11) is 0. The fourth-order valence-corrected chi connectivity index (χ4v) is 1.94. The van der Waals surface area contributed by atoms with Crippen LogP contribution < -0.4 is 4.74 Å². The molecule has 1 aromatic rings. The third-order valence-electron chi connectivity index (χ3n) is 1.75. The molecule has 0 saturated heterocycles. The molecule has 0 fully saturated rings. The predicted octanol–water partition coefficient (Wildman–Crippen LogP) is 3.22. The number of rotatable bonds is 0. The molecule has 68 valence electrons. The Balaban J connectivity index is 2.77. The van der Waals surface area contributed by atoms with Crippen LogP contribution in [0.3, 0.4) is 0 Å². The molecule has 1 aliphatic heterocycles. The summed E-state index contributed by atoms with van der Waals surface area (Å²) in [5, 5.41) is 0.795. The van der Waals surface area contributed by atoms with E-state index in [0.29, 0.717) is 16.3 Å². The normalized spacial score (nSPS) is 14.2. The van der Waals surface area contributed by atoms with Gasteiger partial charge in [0.1, 0.15) is 0 Å². The molecule has 0 spiro atoms. The number of carbonyl (C=O) groups excluding carboxylic acids is 1. The molecular formula is C8H3Cl3O2. The fourth-order valence-electron chi connectivity index (χ4n) is 1.18. The van der Waals surface area contributed by atoms with Crippen molar-refractivity contribution in [2.24, 2.45) is 0 Å². The first-order chi connectivity index (χ1) is 6.11. The largest absolute Gasteiger partial charge is 0.483 e. The van der Waals surface area contributed by atoms with Gasteiger partial charge in [-0.25, -0.2) is 0 Å². The van der Waals surface area contributed by atoms with Crippen molar-refractivity contribution in [1.29, 1.82) is 0 Å². The minimum absolute atomic E-state index is 0.0187. The first-order valence-corrected chi connectivity index (χ1v) is 4.58. The zero-order valence-electron chi connectivity index (χ0n) is 6.23. The van der Waals surface area contributed by atoms with Crippen molar-refractivity contribution >= 4 is 40.6 Å². The molecule has 0 N–H and O–H groups in total. The molecule has 1 aliphatic rings. The van der Waals surface area contributed by atoms with Gasteiger partial charge in [0.15, 0.2) is 12.4 Å². The summed E-state index contributed by atoms with van der Waals surface area (Å²) >= 11 is 17.3. The molecule has 0 amide bonds. The lowest BCUT2D eigenvalue weighted by molar-refractivity contribution is 0.0961. The number of fused-ring (bicyclic) bond motifs is 1. The highest BCUT2D eigenvalue weighted by Crippen LogP contribution is 2.41. The first kappa shape index (κ1) is 9.13. The van der Waals surface area contributed by atoms with Gasteiger partial charge in [-0.3, -0.25) is 4.79 Å². The van der Waals surface area contributed by atoms with E-state index in [-0.39, 0.29) is 22.4 Å². The second-order valence-corrected chi connectivity index (χ2v) is 3.76. The lowest BCUT2D eigenvalue weighted by Crippen LogP contribution is -1.99. The second-order valence-electron chi connectivity index (χ2n) is 2.57. The monoisotopic (exact) mass is 236 g/mol. The molecule has 0 aromatic heterocycles. The van der Waals surface area contributed by atoms with Gasteiger partial charge in [0, 0.05) is 0 Å². The highest BCUT2D eigenvalue weighted by atomic mass is 35.5. The van der Waals surface area contributed by atoms with Crippen molar-refractivity contribution in [3.05, 3.63) is 26.7 Å². The van der Waals surface area contributed by atoms with Crippen molar-refractivity contribution < 1.29 is 9.53 Å². The summed E-state index contributed by atoms with van der Waals surface area (Å²) in [6.45, 7) is -0.0187. The highest BCUT2D eigenvalue weighted by Gasteiger charge is 2.28. The maximum Gasteiger partial charge on any atom is 0.205 e.